The van der Waals surface area contributed by atoms with Crippen molar-refractivity contribution in [3.63, 3.8) is 0 Å². The molecule has 0 atom stereocenters. The van der Waals surface area contributed by atoms with Gasteiger partial charge in [-0.1, -0.05) is 36.4 Å². The summed E-state index contributed by atoms with van der Waals surface area (Å²) in [4.78, 5) is 11.5. The van der Waals surface area contributed by atoms with E-state index in [1.807, 2.05) is 42.9 Å². The molecule has 0 bridgehead atoms. The van der Waals surface area contributed by atoms with Crippen molar-refractivity contribution in [2.24, 2.45) is 4.99 Å². The molecule has 0 aliphatic heterocycles. The van der Waals surface area contributed by atoms with E-state index in [0.717, 1.165) is 41.8 Å². The van der Waals surface area contributed by atoms with Gasteiger partial charge >= 0.3 is 0 Å². The van der Waals surface area contributed by atoms with E-state index >= 15 is 0 Å². The van der Waals surface area contributed by atoms with Crippen LogP contribution in [0.25, 0.3) is 5.82 Å². The fourth-order valence-corrected chi connectivity index (χ4v) is 3.06. The van der Waals surface area contributed by atoms with Crippen LogP contribution in [0.4, 0.5) is 0 Å². The lowest BCUT2D eigenvalue weighted by molar-refractivity contribution is 0.477. The fourth-order valence-electron chi connectivity index (χ4n) is 3.06. The molecule has 0 fully saturated rings. The minimum atomic E-state index is 0. The minimum absolute atomic E-state index is 0. The van der Waals surface area contributed by atoms with Crippen LogP contribution in [0.1, 0.15) is 29.4 Å². The quantitative estimate of drug-likeness (QED) is 0.312. The van der Waals surface area contributed by atoms with Gasteiger partial charge in [0.15, 0.2) is 11.8 Å². The Bertz CT molecular complexity index is 918. The second-order valence-corrected chi connectivity index (χ2v) is 6.88. The molecule has 3 aromatic rings. The summed E-state index contributed by atoms with van der Waals surface area (Å²) < 4.78 is 1.86. The Labute approximate surface area is 190 Å². The van der Waals surface area contributed by atoms with E-state index in [0.29, 0.717) is 6.54 Å². The second kappa shape index (κ2) is 10.9. The topological polar surface area (TPSA) is 58.3 Å². The van der Waals surface area contributed by atoms with Crippen molar-refractivity contribution in [1.29, 1.82) is 0 Å². The highest BCUT2D eigenvalue weighted by molar-refractivity contribution is 14.0. The van der Waals surface area contributed by atoms with Crippen molar-refractivity contribution in [3.8, 4) is 5.82 Å². The van der Waals surface area contributed by atoms with Gasteiger partial charge in [0.05, 0.1) is 12.2 Å². The van der Waals surface area contributed by atoms with Gasteiger partial charge in [0.1, 0.15) is 0 Å². The number of hydrogen-bond acceptors (Lipinski definition) is 3. The molecule has 0 aliphatic carbocycles. The van der Waals surface area contributed by atoms with Crippen LogP contribution >= 0.6 is 24.0 Å². The number of aryl methyl sites for hydroxylation is 2. The molecule has 7 heteroatoms. The number of hydrogen-bond donors (Lipinski definition) is 1. The van der Waals surface area contributed by atoms with Gasteiger partial charge in [0, 0.05) is 32.0 Å². The third-order valence-electron chi connectivity index (χ3n) is 4.41. The van der Waals surface area contributed by atoms with Crippen LogP contribution in [-0.2, 0) is 13.1 Å². The fraction of sp³-hybridized carbons (Fsp3) is 0.318. The molecule has 0 amide bonds. The number of aromatic nitrogens is 3. The molecular formula is C22H29IN6. The normalized spacial score (nSPS) is 11.1. The van der Waals surface area contributed by atoms with Crippen molar-refractivity contribution in [3.05, 3.63) is 77.2 Å². The standard InChI is InChI=1S/C22H28N6.HI/c1-5-23-22(27(4)16-19-9-7-6-8-10-19)25-15-20-11-12-21(24-14-20)28-18(3)13-17(2)26-28;/h6-14H,5,15-16H2,1-4H3,(H,23,25);1H. The Morgan fingerprint density at radius 1 is 1.10 bits per heavy atom. The molecule has 0 unspecified atom stereocenters. The summed E-state index contributed by atoms with van der Waals surface area (Å²) in [5.41, 5.74) is 4.39. The van der Waals surface area contributed by atoms with Crippen molar-refractivity contribution in [2.75, 3.05) is 13.6 Å². The molecule has 2 aromatic heterocycles. The highest BCUT2D eigenvalue weighted by Crippen LogP contribution is 2.11. The summed E-state index contributed by atoms with van der Waals surface area (Å²) in [5.74, 6) is 1.71. The first-order valence-corrected chi connectivity index (χ1v) is 9.58. The molecular weight excluding hydrogens is 475 g/mol. The van der Waals surface area contributed by atoms with Crippen LogP contribution in [0.5, 0.6) is 0 Å². The molecule has 0 saturated heterocycles. The summed E-state index contributed by atoms with van der Waals surface area (Å²) in [6.45, 7) is 8.31. The van der Waals surface area contributed by atoms with Crippen molar-refractivity contribution < 1.29 is 0 Å². The Morgan fingerprint density at radius 3 is 2.45 bits per heavy atom. The highest BCUT2D eigenvalue weighted by Gasteiger charge is 2.07. The molecule has 2 heterocycles. The van der Waals surface area contributed by atoms with Crippen LogP contribution in [0.3, 0.4) is 0 Å². The van der Waals surface area contributed by atoms with E-state index in [-0.39, 0.29) is 24.0 Å². The maximum Gasteiger partial charge on any atom is 0.194 e. The van der Waals surface area contributed by atoms with E-state index in [1.165, 1.54) is 5.56 Å². The van der Waals surface area contributed by atoms with Crippen molar-refractivity contribution >= 4 is 29.9 Å². The van der Waals surface area contributed by atoms with E-state index < -0.39 is 0 Å². The largest absolute Gasteiger partial charge is 0.357 e. The number of nitrogens with zero attached hydrogens (tertiary/aromatic N) is 5. The number of pyridine rings is 1. The van der Waals surface area contributed by atoms with Gasteiger partial charge in [-0.25, -0.2) is 14.7 Å². The molecule has 0 radical (unpaired) electrons. The number of aliphatic imine (C=N–C) groups is 1. The Hall–Kier alpha value is -2.42. The summed E-state index contributed by atoms with van der Waals surface area (Å²) in [6.07, 6.45) is 1.87. The van der Waals surface area contributed by atoms with Gasteiger partial charge in [-0.15, -0.1) is 24.0 Å². The van der Waals surface area contributed by atoms with Crippen LogP contribution in [0, 0.1) is 13.8 Å². The van der Waals surface area contributed by atoms with Gasteiger partial charge < -0.3 is 10.2 Å². The highest BCUT2D eigenvalue weighted by atomic mass is 127. The first-order chi connectivity index (χ1) is 13.6. The Kier molecular flexibility index (Phi) is 8.63. The van der Waals surface area contributed by atoms with Crippen LogP contribution in [0.15, 0.2) is 59.7 Å². The van der Waals surface area contributed by atoms with Crippen LogP contribution in [0.2, 0.25) is 0 Å². The van der Waals surface area contributed by atoms with Gasteiger partial charge in [0.2, 0.25) is 0 Å². The summed E-state index contributed by atoms with van der Waals surface area (Å²) in [7, 11) is 2.05. The average Bonchev–Trinajstić information content (AvgIpc) is 3.04. The Morgan fingerprint density at radius 2 is 1.86 bits per heavy atom. The molecule has 0 aliphatic rings. The zero-order valence-corrected chi connectivity index (χ0v) is 19.8. The third kappa shape index (κ3) is 6.28. The van der Waals surface area contributed by atoms with Gasteiger partial charge in [0.25, 0.3) is 0 Å². The smallest absolute Gasteiger partial charge is 0.194 e. The zero-order chi connectivity index (χ0) is 19.9. The van der Waals surface area contributed by atoms with Gasteiger partial charge in [-0.2, -0.15) is 5.10 Å². The van der Waals surface area contributed by atoms with Crippen molar-refractivity contribution in [2.45, 2.75) is 33.9 Å². The number of benzene rings is 1. The number of nitrogens with one attached hydrogen (secondary N) is 1. The first kappa shape index (κ1) is 22.9. The molecule has 6 nitrogen and oxygen atoms in total. The lowest BCUT2D eigenvalue weighted by Gasteiger charge is -2.22. The number of rotatable bonds is 6. The maximum atomic E-state index is 4.77. The lowest BCUT2D eigenvalue weighted by atomic mass is 10.2. The maximum absolute atomic E-state index is 4.77. The van der Waals surface area contributed by atoms with Gasteiger partial charge in [-0.3, -0.25) is 0 Å². The van der Waals surface area contributed by atoms with E-state index in [9.17, 15) is 0 Å². The second-order valence-electron chi connectivity index (χ2n) is 6.88. The van der Waals surface area contributed by atoms with Crippen LogP contribution in [-0.4, -0.2) is 39.2 Å². The Balaban J connectivity index is 0.00000300. The summed E-state index contributed by atoms with van der Waals surface area (Å²) in [6, 6.07) is 16.5. The monoisotopic (exact) mass is 504 g/mol. The average molecular weight is 504 g/mol. The molecule has 0 spiro atoms. The number of halogens is 1. The lowest BCUT2D eigenvalue weighted by Crippen LogP contribution is -2.38. The zero-order valence-electron chi connectivity index (χ0n) is 17.5. The predicted molar refractivity (Wildman–Crippen MR) is 129 cm³/mol. The molecule has 154 valence electrons. The third-order valence-corrected chi connectivity index (χ3v) is 4.41. The molecule has 0 saturated carbocycles. The molecule has 1 aromatic carbocycles. The molecule has 3 rings (SSSR count). The summed E-state index contributed by atoms with van der Waals surface area (Å²) in [5, 5.41) is 7.84. The van der Waals surface area contributed by atoms with Crippen LogP contribution < -0.4 is 5.32 Å². The first-order valence-electron chi connectivity index (χ1n) is 9.58. The minimum Gasteiger partial charge on any atom is -0.357 e. The SMILES string of the molecule is CCNC(=NCc1ccc(-n2nc(C)cc2C)nc1)N(C)Cc1ccccc1.I. The van der Waals surface area contributed by atoms with Crippen molar-refractivity contribution in [1.82, 2.24) is 25.0 Å². The van der Waals surface area contributed by atoms with E-state index in [2.05, 4.69) is 64.6 Å². The summed E-state index contributed by atoms with van der Waals surface area (Å²) >= 11 is 0. The number of guanidine groups is 1. The van der Waals surface area contributed by atoms with E-state index in [1.54, 1.807) is 0 Å². The molecule has 1 N–H and O–H groups in total. The predicted octanol–water partition coefficient (Wildman–Crippen LogP) is 4.10. The van der Waals surface area contributed by atoms with E-state index in [4.69, 9.17) is 4.99 Å². The van der Waals surface area contributed by atoms with Gasteiger partial charge in [-0.05, 0) is 44.0 Å². The molecule has 29 heavy (non-hydrogen) atoms.